The van der Waals surface area contributed by atoms with Gasteiger partial charge in [-0.2, -0.15) is 0 Å². The average molecular weight is 417 g/mol. The van der Waals surface area contributed by atoms with E-state index in [-0.39, 0.29) is 24.6 Å². The zero-order chi connectivity index (χ0) is 18.5. The Bertz CT molecular complexity index is 1000. The second kappa shape index (κ2) is 8.14. The molecule has 2 aromatic carbocycles. The Labute approximate surface area is 158 Å². The summed E-state index contributed by atoms with van der Waals surface area (Å²) in [4.78, 5) is 31.1. The van der Waals surface area contributed by atoms with Crippen molar-refractivity contribution in [3.8, 4) is 17.1 Å². The van der Waals surface area contributed by atoms with Gasteiger partial charge in [0.2, 0.25) is 0 Å². The fourth-order valence-electron chi connectivity index (χ4n) is 2.50. The molecule has 0 saturated heterocycles. The molecule has 0 aliphatic rings. The van der Waals surface area contributed by atoms with Crippen molar-refractivity contribution in [1.82, 2.24) is 9.97 Å². The minimum Gasteiger partial charge on any atom is -0.492 e. The Morgan fingerprint density at radius 1 is 1.23 bits per heavy atom. The number of carbonyl (C=O) groups is 1. The summed E-state index contributed by atoms with van der Waals surface area (Å²) in [5.74, 6) is 0.612. The predicted molar refractivity (Wildman–Crippen MR) is 102 cm³/mol. The summed E-state index contributed by atoms with van der Waals surface area (Å²) >= 11 is 3.42. The monoisotopic (exact) mass is 416 g/mol. The van der Waals surface area contributed by atoms with Gasteiger partial charge in [-0.3, -0.25) is 9.59 Å². The van der Waals surface area contributed by atoms with Gasteiger partial charge >= 0.3 is 5.97 Å². The van der Waals surface area contributed by atoms with Crippen LogP contribution in [0.15, 0.2) is 51.7 Å². The van der Waals surface area contributed by atoms with Crippen molar-refractivity contribution < 1.29 is 14.3 Å². The lowest BCUT2D eigenvalue weighted by Gasteiger charge is -2.12. The summed E-state index contributed by atoms with van der Waals surface area (Å²) in [5.41, 5.74) is 1.01. The van der Waals surface area contributed by atoms with Crippen LogP contribution >= 0.6 is 15.9 Å². The molecule has 0 aliphatic heterocycles. The number of para-hydroxylation sites is 1. The normalized spacial score (nSPS) is 10.7. The van der Waals surface area contributed by atoms with E-state index in [2.05, 4.69) is 25.9 Å². The molecule has 0 saturated carbocycles. The van der Waals surface area contributed by atoms with Crippen LogP contribution in [-0.4, -0.2) is 29.2 Å². The number of hydrogen-bond donors (Lipinski definition) is 1. The van der Waals surface area contributed by atoms with E-state index in [4.69, 9.17) is 9.47 Å². The molecule has 26 heavy (non-hydrogen) atoms. The maximum absolute atomic E-state index is 12.3. The molecule has 0 atom stereocenters. The summed E-state index contributed by atoms with van der Waals surface area (Å²) < 4.78 is 11.4. The third-order valence-electron chi connectivity index (χ3n) is 3.68. The molecule has 0 aliphatic carbocycles. The lowest BCUT2D eigenvalue weighted by atomic mass is 10.1. The molecule has 0 spiro atoms. The second-order valence-electron chi connectivity index (χ2n) is 5.48. The summed E-state index contributed by atoms with van der Waals surface area (Å²) in [6.45, 7) is 2.27. The largest absolute Gasteiger partial charge is 0.492 e. The van der Waals surface area contributed by atoms with Crippen LogP contribution in [0.4, 0.5) is 0 Å². The van der Waals surface area contributed by atoms with Gasteiger partial charge in [0, 0.05) is 4.47 Å². The molecule has 1 heterocycles. The SMILES string of the molecule is CCOC(=O)CCOc1ccc(Br)cc1-c1nc2ccccc2c(=O)[nH]1. The first kappa shape index (κ1) is 18.1. The summed E-state index contributed by atoms with van der Waals surface area (Å²) in [5, 5.41) is 0.524. The van der Waals surface area contributed by atoms with Gasteiger partial charge in [-0.25, -0.2) is 4.98 Å². The average Bonchev–Trinajstić information content (AvgIpc) is 2.63. The maximum Gasteiger partial charge on any atom is 0.309 e. The van der Waals surface area contributed by atoms with Crippen LogP contribution in [-0.2, 0) is 9.53 Å². The molecular weight excluding hydrogens is 400 g/mol. The summed E-state index contributed by atoms with van der Waals surface area (Å²) in [6.07, 6.45) is 0.144. The van der Waals surface area contributed by atoms with Crippen LogP contribution in [0.1, 0.15) is 13.3 Å². The number of nitrogens with zero attached hydrogens (tertiary/aromatic N) is 1. The van der Waals surface area contributed by atoms with Gasteiger partial charge in [-0.1, -0.05) is 28.1 Å². The predicted octanol–water partition coefficient (Wildman–Crippen LogP) is 3.68. The molecule has 0 unspecified atom stereocenters. The van der Waals surface area contributed by atoms with Crippen molar-refractivity contribution in [2.75, 3.05) is 13.2 Å². The van der Waals surface area contributed by atoms with Crippen molar-refractivity contribution in [3.63, 3.8) is 0 Å². The van der Waals surface area contributed by atoms with Crippen LogP contribution in [0.5, 0.6) is 5.75 Å². The lowest BCUT2D eigenvalue weighted by Crippen LogP contribution is -2.11. The number of esters is 1. The fourth-order valence-corrected chi connectivity index (χ4v) is 2.87. The molecular formula is C19H17BrN2O4. The van der Waals surface area contributed by atoms with Crippen LogP contribution in [0, 0.1) is 0 Å². The van der Waals surface area contributed by atoms with Crippen LogP contribution in [0.2, 0.25) is 0 Å². The van der Waals surface area contributed by atoms with Crippen molar-refractivity contribution >= 4 is 32.8 Å². The first-order valence-electron chi connectivity index (χ1n) is 8.16. The highest BCUT2D eigenvalue weighted by Gasteiger charge is 2.13. The number of aromatic nitrogens is 2. The first-order valence-corrected chi connectivity index (χ1v) is 8.95. The molecule has 6 nitrogen and oxygen atoms in total. The zero-order valence-electron chi connectivity index (χ0n) is 14.1. The molecule has 3 aromatic rings. The van der Waals surface area contributed by atoms with E-state index >= 15 is 0 Å². The van der Waals surface area contributed by atoms with E-state index in [9.17, 15) is 9.59 Å². The summed E-state index contributed by atoms with van der Waals surface area (Å²) in [7, 11) is 0. The molecule has 0 amide bonds. The van der Waals surface area contributed by atoms with Gasteiger partial charge in [0.1, 0.15) is 11.6 Å². The number of aromatic amines is 1. The van der Waals surface area contributed by atoms with Gasteiger partial charge in [-0.15, -0.1) is 0 Å². The molecule has 0 radical (unpaired) electrons. The fraction of sp³-hybridized carbons (Fsp3) is 0.211. The van der Waals surface area contributed by atoms with Crippen LogP contribution < -0.4 is 10.3 Å². The van der Waals surface area contributed by atoms with Crippen molar-refractivity contribution in [1.29, 1.82) is 0 Å². The van der Waals surface area contributed by atoms with Crippen molar-refractivity contribution in [2.45, 2.75) is 13.3 Å². The van der Waals surface area contributed by atoms with E-state index < -0.39 is 0 Å². The third-order valence-corrected chi connectivity index (χ3v) is 4.17. The number of nitrogens with one attached hydrogen (secondary N) is 1. The molecule has 1 N–H and O–H groups in total. The minimum atomic E-state index is -0.316. The Morgan fingerprint density at radius 2 is 2.04 bits per heavy atom. The molecule has 7 heteroatoms. The topological polar surface area (TPSA) is 81.3 Å². The van der Waals surface area contributed by atoms with Gasteiger partial charge in [-0.05, 0) is 37.3 Å². The number of benzene rings is 2. The van der Waals surface area contributed by atoms with Gasteiger partial charge in [0.15, 0.2) is 0 Å². The number of rotatable bonds is 6. The molecule has 0 bridgehead atoms. The van der Waals surface area contributed by atoms with E-state index in [1.54, 1.807) is 31.2 Å². The number of carbonyl (C=O) groups excluding carboxylic acids is 1. The number of ether oxygens (including phenoxy) is 2. The van der Waals surface area contributed by atoms with Gasteiger partial charge in [0.05, 0.1) is 36.1 Å². The highest BCUT2D eigenvalue weighted by Crippen LogP contribution is 2.31. The third kappa shape index (κ3) is 4.11. The lowest BCUT2D eigenvalue weighted by molar-refractivity contribution is -0.143. The number of H-pyrrole nitrogens is 1. The van der Waals surface area contributed by atoms with E-state index in [0.29, 0.717) is 34.6 Å². The van der Waals surface area contributed by atoms with Crippen molar-refractivity contribution in [3.05, 3.63) is 57.3 Å². The highest BCUT2D eigenvalue weighted by atomic mass is 79.9. The first-order chi connectivity index (χ1) is 12.6. The minimum absolute atomic E-state index is 0.144. The molecule has 0 fully saturated rings. The number of hydrogen-bond acceptors (Lipinski definition) is 5. The van der Waals surface area contributed by atoms with E-state index in [0.717, 1.165) is 4.47 Å². The van der Waals surface area contributed by atoms with Crippen LogP contribution in [0.3, 0.4) is 0 Å². The Balaban J connectivity index is 1.93. The number of halogens is 1. The van der Waals surface area contributed by atoms with Gasteiger partial charge in [0.25, 0.3) is 5.56 Å². The van der Waals surface area contributed by atoms with E-state index in [1.165, 1.54) is 0 Å². The van der Waals surface area contributed by atoms with Crippen LogP contribution in [0.25, 0.3) is 22.3 Å². The quantitative estimate of drug-likeness (QED) is 0.619. The zero-order valence-corrected chi connectivity index (χ0v) is 15.7. The van der Waals surface area contributed by atoms with E-state index in [1.807, 2.05) is 18.2 Å². The second-order valence-corrected chi connectivity index (χ2v) is 6.39. The Kier molecular flexibility index (Phi) is 5.68. The van der Waals surface area contributed by atoms with Gasteiger partial charge < -0.3 is 14.5 Å². The molecule has 1 aromatic heterocycles. The molecule has 3 rings (SSSR count). The smallest absolute Gasteiger partial charge is 0.309 e. The summed E-state index contributed by atoms with van der Waals surface area (Å²) in [6, 6.07) is 12.5. The Morgan fingerprint density at radius 3 is 2.85 bits per heavy atom. The van der Waals surface area contributed by atoms with Crippen molar-refractivity contribution in [2.24, 2.45) is 0 Å². The molecule has 134 valence electrons. The highest BCUT2D eigenvalue weighted by molar-refractivity contribution is 9.10. The standard InChI is InChI=1S/C19H17BrN2O4/c1-2-25-17(23)9-10-26-16-8-7-12(20)11-14(16)18-21-15-6-4-3-5-13(15)19(24)22-18/h3-8,11H,2,9-10H2,1H3,(H,21,22,24). The maximum atomic E-state index is 12.3. The number of fused-ring (bicyclic) bond motifs is 1. The Hall–Kier alpha value is -2.67.